The topological polar surface area (TPSA) is 80.1 Å². The lowest BCUT2D eigenvalue weighted by Gasteiger charge is -2.31. The van der Waals surface area contributed by atoms with E-state index in [1.165, 1.54) is 45.2 Å². The smallest absolute Gasteiger partial charge is 0.249 e. The lowest BCUT2D eigenvalue weighted by atomic mass is 10.1. The fourth-order valence-corrected chi connectivity index (χ4v) is 5.26. The van der Waals surface area contributed by atoms with Crippen LogP contribution in [0.5, 0.6) is 0 Å². The molecule has 1 aliphatic carbocycles. The van der Waals surface area contributed by atoms with Gasteiger partial charge in [0.1, 0.15) is 23.9 Å². The van der Waals surface area contributed by atoms with E-state index in [1.54, 1.807) is 0 Å². The van der Waals surface area contributed by atoms with Crippen molar-refractivity contribution in [3.05, 3.63) is 76.7 Å². The van der Waals surface area contributed by atoms with Crippen molar-refractivity contribution in [1.29, 1.82) is 0 Å². The van der Waals surface area contributed by atoms with Crippen molar-refractivity contribution >= 4 is 39.9 Å². The highest BCUT2D eigenvalue weighted by molar-refractivity contribution is 7.10. The standard InChI is InChI=1S/C25H24FN5O2S/c26-17-11-13-19(14-12-17)31(23(32)16-30-21-9-4-3-8-20(21)28-29-30)24(22-10-5-15-34-22)25(33)27-18-6-1-2-7-18/h3-5,8-15,18,24H,1-2,6-7,16H2,(H,27,33)/t24-/m0/s1. The number of benzene rings is 2. The predicted octanol–water partition coefficient (Wildman–Crippen LogP) is 4.47. The molecule has 0 saturated heterocycles. The number of carbonyl (C=O) groups excluding carboxylic acids is 2. The second-order valence-electron chi connectivity index (χ2n) is 8.38. The molecule has 1 atom stereocenters. The van der Waals surface area contributed by atoms with Gasteiger partial charge >= 0.3 is 0 Å². The molecule has 1 saturated carbocycles. The van der Waals surface area contributed by atoms with Gasteiger partial charge in [0.05, 0.1) is 5.52 Å². The van der Waals surface area contributed by atoms with Crippen LogP contribution in [-0.4, -0.2) is 32.9 Å². The fourth-order valence-electron chi connectivity index (χ4n) is 4.45. The van der Waals surface area contributed by atoms with E-state index >= 15 is 0 Å². The molecule has 0 radical (unpaired) electrons. The predicted molar refractivity (Wildman–Crippen MR) is 129 cm³/mol. The Balaban J connectivity index is 1.53. The summed E-state index contributed by atoms with van der Waals surface area (Å²) >= 11 is 1.41. The number of nitrogens with zero attached hydrogens (tertiary/aromatic N) is 4. The summed E-state index contributed by atoms with van der Waals surface area (Å²) in [5.74, 6) is -1.00. The highest BCUT2D eigenvalue weighted by Crippen LogP contribution is 2.32. The van der Waals surface area contributed by atoms with Gasteiger partial charge in [-0.25, -0.2) is 9.07 Å². The molecular formula is C25H24FN5O2S. The van der Waals surface area contributed by atoms with E-state index in [0.717, 1.165) is 36.1 Å². The lowest BCUT2D eigenvalue weighted by molar-refractivity contribution is -0.127. The fraction of sp³-hybridized carbons (Fsp3) is 0.280. The van der Waals surface area contributed by atoms with Crippen molar-refractivity contribution < 1.29 is 14.0 Å². The average Bonchev–Trinajstić information content (AvgIpc) is 3.61. The molecule has 0 bridgehead atoms. The van der Waals surface area contributed by atoms with Crippen LogP contribution in [0.2, 0.25) is 0 Å². The quantitative estimate of drug-likeness (QED) is 0.426. The van der Waals surface area contributed by atoms with Crippen LogP contribution in [0.25, 0.3) is 11.0 Å². The molecule has 2 heterocycles. The third kappa shape index (κ3) is 4.56. The van der Waals surface area contributed by atoms with Gasteiger partial charge in [-0.3, -0.25) is 14.5 Å². The Morgan fingerprint density at radius 1 is 1.09 bits per heavy atom. The first-order valence-corrected chi connectivity index (χ1v) is 12.2. The number of amides is 2. The van der Waals surface area contributed by atoms with E-state index in [2.05, 4.69) is 15.6 Å². The van der Waals surface area contributed by atoms with Gasteiger partial charge in [-0.15, -0.1) is 16.4 Å². The van der Waals surface area contributed by atoms with Crippen LogP contribution in [0.3, 0.4) is 0 Å². The molecule has 1 fully saturated rings. The number of aromatic nitrogens is 3. The highest BCUT2D eigenvalue weighted by atomic mass is 32.1. The molecule has 4 aromatic rings. The largest absolute Gasteiger partial charge is 0.351 e. The summed E-state index contributed by atoms with van der Waals surface area (Å²) in [5.41, 5.74) is 1.84. The third-order valence-corrected chi connectivity index (χ3v) is 7.02. The summed E-state index contributed by atoms with van der Waals surface area (Å²) in [6, 6.07) is 15.9. The Labute approximate surface area is 200 Å². The first-order chi connectivity index (χ1) is 16.6. The van der Waals surface area contributed by atoms with Crippen LogP contribution in [0.15, 0.2) is 66.0 Å². The van der Waals surface area contributed by atoms with Crippen molar-refractivity contribution in [3.8, 4) is 0 Å². The van der Waals surface area contributed by atoms with Crippen LogP contribution >= 0.6 is 11.3 Å². The van der Waals surface area contributed by atoms with Gasteiger partial charge in [-0.2, -0.15) is 0 Å². The second-order valence-corrected chi connectivity index (χ2v) is 9.36. The van der Waals surface area contributed by atoms with Gasteiger partial charge in [-0.1, -0.05) is 36.3 Å². The molecule has 1 N–H and O–H groups in total. The number of anilines is 1. The number of hydrogen-bond acceptors (Lipinski definition) is 5. The minimum absolute atomic E-state index is 0.0967. The molecule has 5 rings (SSSR count). The number of para-hydroxylation sites is 1. The highest BCUT2D eigenvalue weighted by Gasteiger charge is 2.35. The molecular weight excluding hydrogens is 453 g/mol. The average molecular weight is 478 g/mol. The molecule has 174 valence electrons. The SMILES string of the molecule is O=C(NC1CCCC1)[C@H](c1cccs1)N(C(=O)Cn1nnc2ccccc21)c1ccc(F)cc1. The molecule has 2 amide bonds. The third-order valence-electron chi connectivity index (χ3n) is 6.10. The molecule has 9 heteroatoms. The molecule has 7 nitrogen and oxygen atoms in total. The zero-order valence-corrected chi connectivity index (χ0v) is 19.2. The van der Waals surface area contributed by atoms with Gasteiger partial charge in [-0.05, 0) is 60.7 Å². The number of fused-ring (bicyclic) bond motifs is 1. The summed E-state index contributed by atoms with van der Waals surface area (Å²) in [6.07, 6.45) is 4.01. The lowest BCUT2D eigenvalue weighted by Crippen LogP contribution is -2.47. The number of rotatable bonds is 7. The maximum Gasteiger partial charge on any atom is 0.249 e. The molecule has 0 spiro atoms. The van der Waals surface area contributed by atoms with Crippen molar-refractivity contribution in [2.75, 3.05) is 4.90 Å². The molecule has 2 aromatic carbocycles. The Hall–Kier alpha value is -3.59. The summed E-state index contributed by atoms with van der Waals surface area (Å²) in [4.78, 5) is 29.6. The number of hydrogen-bond donors (Lipinski definition) is 1. The minimum atomic E-state index is -0.881. The van der Waals surface area contributed by atoms with Gasteiger partial charge in [0.25, 0.3) is 0 Å². The maximum absolute atomic E-state index is 13.8. The summed E-state index contributed by atoms with van der Waals surface area (Å²) in [6.45, 7) is -0.115. The Kier molecular flexibility index (Phi) is 6.35. The van der Waals surface area contributed by atoms with Crippen molar-refractivity contribution in [3.63, 3.8) is 0 Å². The van der Waals surface area contributed by atoms with E-state index in [0.29, 0.717) is 11.2 Å². The van der Waals surface area contributed by atoms with E-state index in [-0.39, 0.29) is 24.4 Å². The molecule has 34 heavy (non-hydrogen) atoms. The van der Waals surface area contributed by atoms with Crippen LogP contribution in [-0.2, 0) is 16.1 Å². The van der Waals surface area contributed by atoms with Crippen LogP contribution in [0, 0.1) is 5.82 Å². The van der Waals surface area contributed by atoms with Crippen LogP contribution in [0.1, 0.15) is 36.6 Å². The van der Waals surface area contributed by atoms with E-state index in [1.807, 2.05) is 41.8 Å². The van der Waals surface area contributed by atoms with Gasteiger partial charge in [0, 0.05) is 16.6 Å². The van der Waals surface area contributed by atoms with Gasteiger partial charge < -0.3 is 5.32 Å². The van der Waals surface area contributed by atoms with Crippen LogP contribution in [0.4, 0.5) is 10.1 Å². The zero-order valence-electron chi connectivity index (χ0n) is 18.4. The normalized spacial score (nSPS) is 14.9. The molecule has 0 unspecified atom stereocenters. The number of nitrogens with one attached hydrogen (secondary N) is 1. The first-order valence-electron chi connectivity index (χ1n) is 11.3. The van der Waals surface area contributed by atoms with Gasteiger partial charge in [0.2, 0.25) is 11.8 Å². The molecule has 0 aliphatic heterocycles. The molecule has 1 aliphatic rings. The van der Waals surface area contributed by atoms with Crippen LogP contribution < -0.4 is 10.2 Å². The van der Waals surface area contributed by atoms with Crippen molar-refractivity contribution in [2.24, 2.45) is 0 Å². The van der Waals surface area contributed by atoms with E-state index < -0.39 is 11.9 Å². The molecule has 2 aromatic heterocycles. The van der Waals surface area contributed by atoms with Crippen molar-refractivity contribution in [1.82, 2.24) is 20.3 Å². The summed E-state index contributed by atoms with van der Waals surface area (Å²) < 4.78 is 15.3. The Morgan fingerprint density at radius 2 is 1.85 bits per heavy atom. The monoisotopic (exact) mass is 477 g/mol. The Morgan fingerprint density at radius 3 is 2.59 bits per heavy atom. The number of halogens is 1. The van der Waals surface area contributed by atoms with Gasteiger partial charge in [0.15, 0.2) is 0 Å². The Bertz CT molecular complexity index is 1280. The summed E-state index contributed by atoms with van der Waals surface area (Å²) in [5, 5.41) is 13.3. The second kappa shape index (κ2) is 9.72. The first kappa shape index (κ1) is 22.2. The number of thiophene rings is 1. The number of carbonyl (C=O) groups is 2. The van der Waals surface area contributed by atoms with Crippen molar-refractivity contribution in [2.45, 2.75) is 44.3 Å². The zero-order chi connectivity index (χ0) is 23.5. The summed E-state index contributed by atoms with van der Waals surface area (Å²) in [7, 11) is 0. The maximum atomic E-state index is 13.8. The van der Waals surface area contributed by atoms with E-state index in [9.17, 15) is 14.0 Å². The minimum Gasteiger partial charge on any atom is -0.351 e. The van der Waals surface area contributed by atoms with E-state index in [4.69, 9.17) is 0 Å².